The van der Waals surface area contributed by atoms with E-state index in [1.807, 2.05) is 13.8 Å². The molecule has 5 nitrogen and oxygen atoms in total. The van der Waals surface area contributed by atoms with Gasteiger partial charge in [0.1, 0.15) is 0 Å². The van der Waals surface area contributed by atoms with Gasteiger partial charge in [-0.2, -0.15) is 0 Å². The first-order valence-electron chi connectivity index (χ1n) is 6.31. The number of piperidine rings is 1. The lowest BCUT2D eigenvalue weighted by atomic mass is 9.91. The molecule has 1 rings (SSSR count). The van der Waals surface area contributed by atoms with E-state index in [4.69, 9.17) is 11.5 Å². The first-order valence-corrected chi connectivity index (χ1v) is 6.31. The third kappa shape index (κ3) is 3.19. The maximum absolute atomic E-state index is 12.2. The van der Waals surface area contributed by atoms with E-state index >= 15 is 0 Å². The van der Waals surface area contributed by atoms with Crippen molar-refractivity contribution in [3.63, 3.8) is 0 Å². The molecule has 5 heteroatoms. The fourth-order valence-corrected chi connectivity index (χ4v) is 2.32. The first-order chi connectivity index (χ1) is 8.01. The van der Waals surface area contributed by atoms with Gasteiger partial charge in [0.15, 0.2) is 0 Å². The van der Waals surface area contributed by atoms with Crippen LogP contribution in [0.2, 0.25) is 0 Å². The Bertz CT molecular complexity index is 289. The molecule has 3 atom stereocenters. The summed E-state index contributed by atoms with van der Waals surface area (Å²) in [7, 11) is 0. The van der Waals surface area contributed by atoms with Crippen LogP contribution in [0.1, 0.15) is 33.1 Å². The highest BCUT2D eigenvalue weighted by Crippen LogP contribution is 2.23. The molecule has 0 saturated carbocycles. The van der Waals surface area contributed by atoms with Crippen LogP contribution in [0.15, 0.2) is 0 Å². The zero-order chi connectivity index (χ0) is 13.0. The number of primary amides is 1. The molecular weight excluding hydrogens is 218 g/mol. The average molecular weight is 241 g/mol. The van der Waals surface area contributed by atoms with Crippen LogP contribution in [0, 0.1) is 11.8 Å². The molecular formula is C12H23N3O2. The van der Waals surface area contributed by atoms with Crippen LogP contribution in [0.25, 0.3) is 0 Å². The van der Waals surface area contributed by atoms with Crippen molar-refractivity contribution in [3.8, 4) is 0 Å². The van der Waals surface area contributed by atoms with Crippen LogP contribution < -0.4 is 11.5 Å². The number of carbonyl (C=O) groups is 2. The second kappa shape index (κ2) is 6.00. The summed E-state index contributed by atoms with van der Waals surface area (Å²) in [6.07, 6.45) is 2.35. The highest BCUT2D eigenvalue weighted by Gasteiger charge is 2.33. The Morgan fingerprint density at radius 3 is 2.53 bits per heavy atom. The summed E-state index contributed by atoms with van der Waals surface area (Å²) in [5.41, 5.74) is 10.9. The van der Waals surface area contributed by atoms with Crippen molar-refractivity contribution in [1.29, 1.82) is 0 Å². The molecule has 1 fully saturated rings. The minimum Gasteiger partial charge on any atom is -0.369 e. The van der Waals surface area contributed by atoms with Crippen LogP contribution in [0.5, 0.6) is 0 Å². The van der Waals surface area contributed by atoms with Gasteiger partial charge in [-0.3, -0.25) is 9.59 Å². The monoisotopic (exact) mass is 241 g/mol. The highest BCUT2D eigenvalue weighted by molar-refractivity contribution is 5.82. The molecule has 98 valence electrons. The van der Waals surface area contributed by atoms with Gasteiger partial charge in [0.2, 0.25) is 11.8 Å². The summed E-state index contributed by atoms with van der Waals surface area (Å²) in [5.74, 6) is -0.585. The molecule has 3 unspecified atom stereocenters. The zero-order valence-electron chi connectivity index (χ0n) is 10.7. The molecule has 1 heterocycles. The number of amides is 2. The Balaban J connectivity index is 2.72. The van der Waals surface area contributed by atoms with Gasteiger partial charge in [0.05, 0.1) is 11.8 Å². The quantitative estimate of drug-likeness (QED) is 0.730. The Morgan fingerprint density at radius 2 is 2.06 bits per heavy atom. The zero-order valence-corrected chi connectivity index (χ0v) is 10.7. The number of hydrogen-bond donors (Lipinski definition) is 2. The topological polar surface area (TPSA) is 89.4 Å². The average Bonchev–Trinajstić information content (AvgIpc) is 2.30. The fraction of sp³-hybridized carbons (Fsp3) is 0.833. The third-order valence-electron chi connectivity index (χ3n) is 3.69. The van der Waals surface area contributed by atoms with E-state index in [-0.39, 0.29) is 29.7 Å². The Morgan fingerprint density at radius 1 is 1.41 bits per heavy atom. The summed E-state index contributed by atoms with van der Waals surface area (Å²) >= 11 is 0. The molecule has 0 aromatic heterocycles. The third-order valence-corrected chi connectivity index (χ3v) is 3.69. The molecule has 1 aliphatic rings. The molecule has 2 amide bonds. The summed E-state index contributed by atoms with van der Waals surface area (Å²) < 4.78 is 0. The van der Waals surface area contributed by atoms with Crippen molar-refractivity contribution in [2.45, 2.75) is 39.2 Å². The Labute approximate surface area is 103 Å². The van der Waals surface area contributed by atoms with Gasteiger partial charge in [0.25, 0.3) is 0 Å². The largest absolute Gasteiger partial charge is 0.369 e. The van der Waals surface area contributed by atoms with Gasteiger partial charge in [-0.25, -0.2) is 0 Å². The van der Waals surface area contributed by atoms with Crippen molar-refractivity contribution in [2.75, 3.05) is 13.1 Å². The SMILES string of the molecule is CCC(CN)C(=O)N1CC(C(N)=O)CCC1C. The van der Waals surface area contributed by atoms with Gasteiger partial charge in [0, 0.05) is 19.1 Å². The molecule has 0 aliphatic carbocycles. The summed E-state index contributed by atoms with van der Waals surface area (Å²) in [6.45, 7) is 4.78. The predicted octanol–water partition coefficient (Wildman–Crippen LogP) is 0.0837. The fourth-order valence-electron chi connectivity index (χ4n) is 2.32. The van der Waals surface area contributed by atoms with Crippen LogP contribution in [0.4, 0.5) is 0 Å². The molecule has 1 aliphatic heterocycles. The smallest absolute Gasteiger partial charge is 0.227 e. The number of rotatable bonds is 4. The van der Waals surface area contributed by atoms with Crippen LogP contribution in [-0.2, 0) is 9.59 Å². The van der Waals surface area contributed by atoms with Crippen LogP contribution in [0.3, 0.4) is 0 Å². The molecule has 17 heavy (non-hydrogen) atoms. The number of likely N-dealkylation sites (tertiary alicyclic amines) is 1. The van der Waals surface area contributed by atoms with Crippen LogP contribution >= 0.6 is 0 Å². The Hall–Kier alpha value is -1.10. The van der Waals surface area contributed by atoms with Crippen molar-refractivity contribution < 1.29 is 9.59 Å². The van der Waals surface area contributed by atoms with Gasteiger partial charge < -0.3 is 16.4 Å². The van der Waals surface area contributed by atoms with E-state index in [0.29, 0.717) is 13.1 Å². The van der Waals surface area contributed by atoms with E-state index < -0.39 is 0 Å². The molecule has 0 radical (unpaired) electrons. The lowest BCUT2D eigenvalue weighted by Gasteiger charge is -2.38. The van der Waals surface area contributed by atoms with E-state index in [0.717, 1.165) is 19.3 Å². The normalized spacial score (nSPS) is 26.6. The molecule has 0 spiro atoms. The minimum atomic E-state index is -0.310. The standard InChI is InChI=1S/C12H23N3O2/c1-3-9(6-13)12(17)15-7-10(11(14)16)5-4-8(15)2/h8-10H,3-7,13H2,1-2H3,(H2,14,16). The van der Waals surface area contributed by atoms with Gasteiger partial charge in [-0.15, -0.1) is 0 Å². The van der Waals surface area contributed by atoms with E-state index in [9.17, 15) is 9.59 Å². The van der Waals surface area contributed by atoms with E-state index in [1.54, 1.807) is 4.90 Å². The lowest BCUT2D eigenvalue weighted by molar-refractivity contribution is -0.141. The lowest BCUT2D eigenvalue weighted by Crippen LogP contribution is -2.51. The van der Waals surface area contributed by atoms with Crippen molar-refractivity contribution in [2.24, 2.45) is 23.3 Å². The summed E-state index contributed by atoms with van der Waals surface area (Å²) in [6, 6.07) is 0.179. The minimum absolute atomic E-state index is 0.0634. The number of nitrogens with zero attached hydrogens (tertiary/aromatic N) is 1. The summed E-state index contributed by atoms with van der Waals surface area (Å²) in [5, 5.41) is 0. The summed E-state index contributed by atoms with van der Waals surface area (Å²) in [4.78, 5) is 25.2. The van der Waals surface area contributed by atoms with Crippen molar-refractivity contribution in [3.05, 3.63) is 0 Å². The van der Waals surface area contributed by atoms with Crippen LogP contribution in [-0.4, -0.2) is 35.8 Å². The molecule has 0 aromatic carbocycles. The van der Waals surface area contributed by atoms with Gasteiger partial charge >= 0.3 is 0 Å². The first kappa shape index (κ1) is 14.0. The number of nitrogens with two attached hydrogens (primary N) is 2. The molecule has 0 bridgehead atoms. The van der Waals surface area contributed by atoms with E-state index in [2.05, 4.69) is 0 Å². The van der Waals surface area contributed by atoms with Crippen molar-refractivity contribution >= 4 is 11.8 Å². The maximum Gasteiger partial charge on any atom is 0.227 e. The van der Waals surface area contributed by atoms with Gasteiger partial charge in [-0.05, 0) is 26.2 Å². The Kier molecular flexibility index (Phi) is 4.93. The van der Waals surface area contributed by atoms with Gasteiger partial charge in [-0.1, -0.05) is 6.92 Å². The number of carbonyl (C=O) groups excluding carboxylic acids is 2. The molecule has 4 N–H and O–H groups in total. The predicted molar refractivity (Wildman–Crippen MR) is 65.9 cm³/mol. The van der Waals surface area contributed by atoms with E-state index in [1.165, 1.54) is 0 Å². The molecule has 1 saturated heterocycles. The maximum atomic E-state index is 12.2. The van der Waals surface area contributed by atoms with Crippen molar-refractivity contribution in [1.82, 2.24) is 4.90 Å². The molecule has 0 aromatic rings. The second-order valence-electron chi connectivity index (χ2n) is 4.86. The second-order valence-corrected chi connectivity index (χ2v) is 4.86. The number of hydrogen-bond acceptors (Lipinski definition) is 3. The highest BCUT2D eigenvalue weighted by atomic mass is 16.2.